The van der Waals surface area contributed by atoms with Crippen LogP contribution in [0.15, 0.2) is 48.8 Å². The number of urea groups is 1. The molecule has 7 heteroatoms. The lowest BCUT2D eigenvalue weighted by Crippen LogP contribution is -2.60. The summed E-state index contributed by atoms with van der Waals surface area (Å²) in [5.41, 5.74) is 1.91. The van der Waals surface area contributed by atoms with Gasteiger partial charge < -0.3 is 19.7 Å². The van der Waals surface area contributed by atoms with Gasteiger partial charge in [0.2, 0.25) is 0 Å². The number of rotatable bonds is 6. The minimum atomic E-state index is -0.0669. The average Bonchev–Trinajstić information content (AvgIpc) is 2.76. The van der Waals surface area contributed by atoms with Gasteiger partial charge in [-0.15, -0.1) is 0 Å². The van der Waals surface area contributed by atoms with Crippen molar-refractivity contribution < 1.29 is 14.3 Å². The predicted molar refractivity (Wildman–Crippen MR) is 116 cm³/mol. The molecule has 0 radical (unpaired) electrons. The number of hydrogen-bond donors (Lipinski definition) is 1. The molecule has 2 aliphatic rings. The van der Waals surface area contributed by atoms with Gasteiger partial charge in [-0.25, -0.2) is 4.79 Å². The van der Waals surface area contributed by atoms with Crippen molar-refractivity contribution in [1.82, 2.24) is 14.8 Å². The number of carbonyl (C=O) groups is 1. The van der Waals surface area contributed by atoms with E-state index in [1.54, 1.807) is 13.3 Å². The summed E-state index contributed by atoms with van der Waals surface area (Å²) < 4.78 is 11.3. The van der Waals surface area contributed by atoms with Crippen LogP contribution in [0.4, 0.5) is 10.5 Å². The van der Waals surface area contributed by atoms with Crippen LogP contribution in [0.5, 0.6) is 5.75 Å². The van der Waals surface area contributed by atoms with Crippen molar-refractivity contribution in [2.24, 2.45) is 0 Å². The molecule has 30 heavy (non-hydrogen) atoms. The lowest BCUT2D eigenvalue weighted by atomic mass is 9.88. The highest BCUT2D eigenvalue weighted by atomic mass is 16.5. The number of benzene rings is 1. The Labute approximate surface area is 178 Å². The van der Waals surface area contributed by atoms with Gasteiger partial charge in [-0.05, 0) is 43.5 Å². The molecule has 2 aliphatic heterocycles. The molecule has 0 aliphatic carbocycles. The normalized spacial score (nSPS) is 22.4. The van der Waals surface area contributed by atoms with Crippen LogP contribution in [-0.2, 0) is 4.74 Å². The Bertz CT molecular complexity index is 839. The molecule has 2 unspecified atom stereocenters. The second-order valence-electron chi connectivity index (χ2n) is 7.78. The highest BCUT2D eigenvalue weighted by Crippen LogP contribution is 2.39. The molecule has 2 atom stereocenters. The molecule has 0 spiro atoms. The fourth-order valence-corrected chi connectivity index (χ4v) is 4.48. The zero-order chi connectivity index (χ0) is 20.9. The molecule has 2 amide bonds. The largest absolute Gasteiger partial charge is 0.492 e. The van der Waals surface area contributed by atoms with Crippen LogP contribution < -0.4 is 10.1 Å². The summed E-state index contributed by atoms with van der Waals surface area (Å²) in [7, 11) is 1.78. The maximum absolute atomic E-state index is 12.8. The third-order valence-corrected chi connectivity index (χ3v) is 6.08. The lowest BCUT2D eigenvalue weighted by molar-refractivity contribution is -0.115. The van der Waals surface area contributed by atoms with E-state index in [-0.39, 0.29) is 18.2 Å². The molecule has 1 N–H and O–H groups in total. The minimum absolute atomic E-state index is 0.0669. The van der Waals surface area contributed by atoms with Crippen molar-refractivity contribution in [3.05, 3.63) is 54.4 Å². The van der Waals surface area contributed by atoms with Crippen molar-refractivity contribution in [3.8, 4) is 5.75 Å². The van der Waals surface area contributed by atoms with Gasteiger partial charge in [0.1, 0.15) is 5.75 Å². The first-order valence-electron chi connectivity index (χ1n) is 10.7. The highest BCUT2D eigenvalue weighted by molar-refractivity contribution is 5.91. The van der Waals surface area contributed by atoms with Crippen LogP contribution in [0.1, 0.15) is 31.4 Å². The Morgan fingerprint density at radius 1 is 1.20 bits per heavy atom. The zero-order valence-electron chi connectivity index (χ0n) is 17.7. The van der Waals surface area contributed by atoms with Crippen LogP contribution in [0.2, 0.25) is 0 Å². The number of amides is 2. The standard InChI is InChI=1S/C23H30N4O3/c1-3-30-20-9-5-4-8-19(20)25-23(28)26-13-10-18(11-14-26)27-16-21(29-2)22(27)17-7-6-12-24-15-17/h4-9,12,15,18,21-22H,3,10-11,13-14,16H2,1-2H3,(H,25,28). The Kier molecular flexibility index (Phi) is 6.50. The fourth-order valence-electron chi connectivity index (χ4n) is 4.48. The molecule has 1 aromatic carbocycles. The van der Waals surface area contributed by atoms with E-state index in [0.29, 0.717) is 24.1 Å². The first-order valence-corrected chi connectivity index (χ1v) is 10.7. The van der Waals surface area contributed by atoms with Crippen molar-refractivity contribution >= 4 is 11.7 Å². The van der Waals surface area contributed by atoms with Crippen LogP contribution in [0.25, 0.3) is 0 Å². The van der Waals surface area contributed by atoms with E-state index in [9.17, 15) is 4.79 Å². The summed E-state index contributed by atoms with van der Waals surface area (Å²) >= 11 is 0. The third kappa shape index (κ3) is 4.27. The number of para-hydroxylation sites is 2. The minimum Gasteiger partial charge on any atom is -0.492 e. The Morgan fingerprint density at radius 3 is 2.70 bits per heavy atom. The summed E-state index contributed by atoms with van der Waals surface area (Å²) in [6.07, 6.45) is 5.84. The number of nitrogens with zero attached hydrogens (tertiary/aromatic N) is 3. The molecule has 0 bridgehead atoms. The second kappa shape index (κ2) is 9.45. The van der Waals surface area contributed by atoms with Gasteiger partial charge in [-0.3, -0.25) is 9.88 Å². The molecule has 3 heterocycles. The topological polar surface area (TPSA) is 66.9 Å². The Morgan fingerprint density at radius 2 is 2.00 bits per heavy atom. The maximum Gasteiger partial charge on any atom is 0.321 e. The van der Waals surface area contributed by atoms with Gasteiger partial charge in [0.05, 0.1) is 24.4 Å². The van der Waals surface area contributed by atoms with Gasteiger partial charge in [0.15, 0.2) is 0 Å². The number of piperidine rings is 1. The van der Waals surface area contributed by atoms with E-state index in [0.717, 1.165) is 32.5 Å². The smallest absolute Gasteiger partial charge is 0.321 e. The van der Waals surface area contributed by atoms with Crippen LogP contribution in [0, 0.1) is 0 Å². The number of nitrogens with one attached hydrogen (secondary N) is 1. The van der Waals surface area contributed by atoms with Crippen LogP contribution in [-0.4, -0.2) is 66.3 Å². The molecular weight excluding hydrogens is 380 g/mol. The number of pyridine rings is 1. The Hall–Kier alpha value is -2.64. The summed E-state index contributed by atoms with van der Waals surface area (Å²) in [4.78, 5) is 21.5. The number of methoxy groups -OCH3 is 1. The van der Waals surface area contributed by atoms with Crippen molar-refractivity contribution in [2.75, 3.05) is 38.7 Å². The maximum atomic E-state index is 12.8. The van der Waals surface area contributed by atoms with E-state index in [4.69, 9.17) is 9.47 Å². The van der Waals surface area contributed by atoms with E-state index < -0.39 is 0 Å². The fraction of sp³-hybridized carbons (Fsp3) is 0.478. The van der Waals surface area contributed by atoms with Gasteiger partial charge in [0, 0.05) is 45.2 Å². The molecule has 160 valence electrons. The number of ether oxygens (including phenoxy) is 2. The van der Waals surface area contributed by atoms with Gasteiger partial charge in [-0.2, -0.15) is 0 Å². The quantitative estimate of drug-likeness (QED) is 0.789. The number of aromatic nitrogens is 1. The monoisotopic (exact) mass is 410 g/mol. The molecule has 2 saturated heterocycles. The average molecular weight is 411 g/mol. The molecule has 2 fully saturated rings. The lowest BCUT2D eigenvalue weighted by Gasteiger charge is -2.52. The molecule has 1 aromatic heterocycles. The summed E-state index contributed by atoms with van der Waals surface area (Å²) in [6, 6.07) is 12.3. The summed E-state index contributed by atoms with van der Waals surface area (Å²) in [6.45, 7) is 4.90. The van der Waals surface area contributed by atoms with Gasteiger partial charge >= 0.3 is 6.03 Å². The van der Waals surface area contributed by atoms with E-state index >= 15 is 0 Å². The van der Waals surface area contributed by atoms with Crippen molar-refractivity contribution in [3.63, 3.8) is 0 Å². The van der Waals surface area contributed by atoms with Crippen LogP contribution >= 0.6 is 0 Å². The van der Waals surface area contributed by atoms with E-state index in [1.165, 1.54) is 5.56 Å². The van der Waals surface area contributed by atoms with Crippen molar-refractivity contribution in [2.45, 2.75) is 38.0 Å². The molecular formula is C23H30N4O3. The molecule has 4 rings (SSSR count). The molecule has 7 nitrogen and oxygen atoms in total. The third-order valence-electron chi connectivity index (χ3n) is 6.08. The molecule has 0 saturated carbocycles. The van der Waals surface area contributed by atoms with Crippen LogP contribution in [0.3, 0.4) is 0 Å². The number of hydrogen-bond acceptors (Lipinski definition) is 5. The predicted octanol–water partition coefficient (Wildman–Crippen LogP) is 3.55. The first kappa shape index (κ1) is 20.6. The number of likely N-dealkylation sites (tertiary alicyclic amines) is 2. The SMILES string of the molecule is CCOc1ccccc1NC(=O)N1CCC(N2CC(OC)C2c2cccnc2)CC1. The van der Waals surface area contributed by atoms with E-state index in [1.807, 2.05) is 48.4 Å². The van der Waals surface area contributed by atoms with Gasteiger partial charge in [-0.1, -0.05) is 18.2 Å². The Balaban J connectivity index is 1.34. The van der Waals surface area contributed by atoms with Gasteiger partial charge in [0.25, 0.3) is 0 Å². The zero-order valence-corrected chi connectivity index (χ0v) is 17.7. The number of carbonyl (C=O) groups excluding carboxylic acids is 1. The summed E-state index contributed by atoms with van der Waals surface area (Å²) in [5.74, 6) is 0.703. The molecule has 2 aromatic rings. The van der Waals surface area contributed by atoms with Crippen molar-refractivity contribution in [1.29, 1.82) is 0 Å². The second-order valence-corrected chi connectivity index (χ2v) is 7.78. The first-order chi connectivity index (χ1) is 14.7. The summed E-state index contributed by atoms with van der Waals surface area (Å²) in [5, 5.41) is 3.01. The highest BCUT2D eigenvalue weighted by Gasteiger charge is 2.44. The number of anilines is 1. The van der Waals surface area contributed by atoms with E-state index in [2.05, 4.69) is 21.3 Å².